The first-order valence-corrected chi connectivity index (χ1v) is 6.27. The Morgan fingerprint density at radius 3 is 2.40 bits per heavy atom. The summed E-state index contributed by atoms with van der Waals surface area (Å²) in [5.74, 6) is -4.85. The molecule has 2 N–H and O–H groups in total. The Balaban J connectivity index is 2.82. The summed E-state index contributed by atoms with van der Waals surface area (Å²) in [6, 6.07) is 1.38. The fourth-order valence-corrected chi connectivity index (χ4v) is 1.75. The quantitative estimate of drug-likeness (QED) is 0.822. The van der Waals surface area contributed by atoms with E-state index in [0.717, 1.165) is 0 Å². The molecule has 7 heteroatoms. The monoisotopic (exact) mass is 305 g/mol. The second-order valence-electron chi connectivity index (χ2n) is 4.64. The van der Waals surface area contributed by atoms with E-state index < -0.39 is 40.0 Å². The number of carboxylic acids is 1. The SMILES string of the molecule is CC(C)C(CNC(=O)c1cc(F)c(Cl)cc1F)C(=O)O. The van der Waals surface area contributed by atoms with Crippen LogP contribution in [0.15, 0.2) is 12.1 Å². The summed E-state index contributed by atoms with van der Waals surface area (Å²) in [4.78, 5) is 22.7. The average molecular weight is 306 g/mol. The van der Waals surface area contributed by atoms with E-state index >= 15 is 0 Å². The van der Waals surface area contributed by atoms with Crippen molar-refractivity contribution in [2.45, 2.75) is 13.8 Å². The van der Waals surface area contributed by atoms with Crippen LogP contribution in [0.5, 0.6) is 0 Å². The van der Waals surface area contributed by atoms with Gasteiger partial charge in [0.2, 0.25) is 0 Å². The van der Waals surface area contributed by atoms with Gasteiger partial charge in [-0.25, -0.2) is 8.78 Å². The van der Waals surface area contributed by atoms with E-state index in [9.17, 15) is 18.4 Å². The van der Waals surface area contributed by atoms with Gasteiger partial charge in [-0.15, -0.1) is 0 Å². The van der Waals surface area contributed by atoms with Gasteiger partial charge in [-0.2, -0.15) is 0 Å². The van der Waals surface area contributed by atoms with Crippen molar-refractivity contribution in [1.82, 2.24) is 5.32 Å². The first kappa shape index (κ1) is 16.4. The third kappa shape index (κ3) is 3.90. The zero-order valence-electron chi connectivity index (χ0n) is 10.9. The van der Waals surface area contributed by atoms with Gasteiger partial charge in [0.05, 0.1) is 16.5 Å². The molecule has 0 aromatic heterocycles. The fourth-order valence-electron chi connectivity index (χ4n) is 1.60. The maximum Gasteiger partial charge on any atom is 0.308 e. The number of carbonyl (C=O) groups is 2. The van der Waals surface area contributed by atoms with Crippen molar-refractivity contribution < 1.29 is 23.5 Å². The molecule has 0 aliphatic heterocycles. The third-order valence-electron chi connectivity index (χ3n) is 2.86. The molecular weight excluding hydrogens is 292 g/mol. The number of aliphatic carboxylic acids is 1. The van der Waals surface area contributed by atoms with Crippen LogP contribution >= 0.6 is 11.6 Å². The number of nitrogens with one attached hydrogen (secondary N) is 1. The van der Waals surface area contributed by atoms with Gasteiger partial charge in [0, 0.05) is 6.54 Å². The lowest BCUT2D eigenvalue weighted by atomic mass is 9.96. The van der Waals surface area contributed by atoms with Gasteiger partial charge in [-0.05, 0) is 18.1 Å². The summed E-state index contributed by atoms with van der Waals surface area (Å²) < 4.78 is 26.7. The molecule has 20 heavy (non-hydrogen) atoms. The van der Waals surface area contributed by atoms with Crippen molar-refractivity contribution in [3.63, 3.8) is 0 Å². The van der Waals surface area contributed by atoms with Crippen molar-refractivity contribution in [2.24, 2.45) is 11.8 Å². The van der Waals surface area contributed by atoms with E-state index in [1.165, 1.54) is 0 Å². The van der Waals surface area contributed by atoms with Crippen molar-refractivity contribution in [2.75, 3.05) is 6.54 Å². The second kappa shape index (κ2) is 6.65. The van der Waals surface area contributed by atoms with E-state index in [4.69, 9.17) is 16.7 Å². The Kier molecular flexibility index (Phi) is 5.44. The van der Waals surface area contributed by atoms with Crippen LogP contribution in [-0.2, 0) is 4.79 Å². The van der Waals surface area contributed by atoms with E-state index in [1.807, 2.05) is 0 Å². The molecule has 0 radical (unpaired) electrons. The van der Waals surface area contributed by atoms with Crippen molar-refractivity contribution in [3.05, 3.63) is 34.4 Å². The normalized spacial score (nSPS) is 12.3. The van der Waals surface area contributed by atoms with Crippen LogP contribution in [-0.4, -0.2) is 23.5 Å². The van der Waals surface area contributed by atoms with Gasteiger partial charge in [0.25, 0.3) is 5.91 Å². The van der Waals surface area contributed by atoms with Crippen molar-refractivity contribution in [1.29, 1.82) is 0 Å². The minimum Gasteiger partial charge on any atom is -0.481 e. The molecule has 0 fully saturated rings. The maximum atomic E-state index is 13.5. The topological polar surface area (TPSA) is 66.4 Å². The standard InChI is InChI=1S/C13H14ClF2NO3/c1-6(2)8(13(19)20)5-17-12(18)7-3-11(16)9(14)4-10(7)15/h3-4,6,8H,5H2,1-2H3,(H,17,18)(H,19,20). The molecule has 0 aliphatic carbocycles. The molecule has 4 nitrogen and oxygen atoms in total. The first-order chi connectivity index (χ1) is 9.23. The summed E-state index contributed by atoms with van der Waals surface area (Å²) in [6.45, 7) is 3.20. The first-order valence-electron chi connectivity index (χ1n) is 5.89. The van der Waals surface area contributed by atoms with Crippen molar-refractivity contribution in [3.8, 4) is 0 Å². The highest BCUT2D eigenvalue weighted by Crippen LogP contribution is 2.19. The molecule has 0 heterocycles. The lowest BCUT2D eigenvalue weighted by molar-refractivity contribution is -0.142. The van der Waals surface area contributed by atoms with Crippen LogP contribution in [0.25, 0.3) is 0 Å². The number of rotatable bonds is 5. The highest BCUT2D eigenvalue weighted by Gasteiger charge is 2.23. The maximum absolute atomic E-state index is 13.5. The summed E-state index contributed by atoms with van der Waals surface area (Å²) in [7, 11) is 0. The summed E-state index contributed by atoms with van der Waals surface area (Å²) >= 11 is 5.38. The molecule has 0 spiro atoms. The molecule has 110 valence electrons. The lowest BCUT2D eigenvalue weighted by Gasteiger charge is -2.16. The number of hydrogen-bond donors (Lipinski definition) is 2. The van der Waals surface area contributed by atoms with Crippen LogP contribution in [0, 0.1) is 23.5 Å². The van der Waals surface area contributed by atoms with Gasteiger partial charge in [-0.3, -0.25) is 9.59 Å². The minimum absolute atomic E-state index is 0.171. The van der Waals surface area contributed by atoms with Crippen molar-refractivity contribution >= 4 is 23.5 Å². The molecule has 1 aromatic rings. The number of halogens is 3. The number of benzene rings is 1. The summed E-state index contributed by atoms with van der Waals surface area (Å²) in [6.07, 6.45) is 0. The molecule has 1 rings (SSSR count). The van der Waals surface area contributed by atoms with Crippen LogP contribution in [0.1, 0.15) is 24.2 Å². The smallest absolute Gasteiger partial charge is 0.308 e. The van der Waals surface area contributed by atoms with E-state index in [1.54, 1.807) is 13.8 Å². The number of hydrogen-bond acceptors (Lipinski definition) is 2. The van der Waals surface area contributed by atoms with Gasteiger partial charge in [0.15, 0.2) is 0 Å². The van der Waals surface area contributed by atoms with E-state index in [0.29, 0.717) is 12.1 Å². The minimum atomic E-state index is -1.07. The molecule has 1 atom stereocenters. The van der Waals surface area contributed by atoms with Crippen LogP contribution in [0.4, 0.5) is 8.78 Å². The summed E-state index contributed by atoms with van der Waals surface area (Å²) in [5, 5.41) is 10.8. The zero-order valence-corrected chi connectivity index (χ0v) is 11.7. The Morgan fingerprint density at radius 1 is 1.30 bits per heavy atom. The predicted molar refractivity (Wildman–Crippen MR) is 69.7 cm³/mol. The molecule has 1 aromatic carbocycles. The van der Waals surface area contributed by atoms with Gasteiger partial charge < -0.3 is 10.4 Å². The molecule has 0 saturated heterocycles. The van der Waals surface area contributed by atoms with Crippen LogP contribution < -0.4 is 5.32 Å². The molecule has 1 unspecified atom stereocenters. The Hall–Kier alpha value is -1.69. The molecule has 0 bridgehead atoms. The predicted octanol–water partition coefficient (Wildman–Crippen LogP) is 2.70. The lowest BCUT2D eigenvalue weighted by Crippen LogP contribution is -2.35. The number of carboxylic acid groups (broad SMARTS) is 1. The average Bonchev–Trinajstić information content (AvgIpc) is 2.32. The highest BCUT2D eigenvalue weighted by molar-refractivity contribution is 6.30. The second-order valence-corrected chi connectivity index (χ2v) is 5.05. The number of carbonyl (C=O) groups excluding carboxylic acids is 1. The number of amides is 1. The Labute approximate surface area is 119 Å². The molecule has 0 aliphatic rings. The van der Waals surface area contributed by atoms with E-state index in [2.05, 4.69) is 5.32 Å². The molecular formula is C13H14ClF2NO3. The zero-order chi connectivity index (χ0) is 15.4. The van der Waals surface area contributed by atoms with Crippen LogP contribution in [0.2, 0.25) is 5.02 Å². The Bertz CT molecular complexity index is 535. The van der Waals surface area contributed by atoms with Gasteiger partial charge >= 0.3 is 5.97 Å². The highest BCUT2D eigenvalue weighted by atomic mass is 35.5. The largest absolute Gasteiger partial charge is 0.481 e. The van der Waals surface area contributed by atoms with Crippen LogP contribution in [0.3, 0.4) is 0 Å². The van der Waals surface area contributed by atoms with E-state index in [-0.39, 0.29) is 12.5 Å². The molecule has 1 amide bonds. The molecule has 0 saturated carbocycles. The van der Waals surface area contributed by atoms with Gasteiger partial charge in [-0.1, -0.05) is 25.4 Å². The third-order valence-corrected chi connectivity index (χ3v) is 3.15. The summed E-state index contributed by atoms with van der Waals surface area (Å²) in [5.41, 5.74) is -0.514. The Morgan fingerprint density at radius 2 is 1.90 bits per heavy atom. The van der Waals surface area contributed by atoms with Gasteiger partial charge in [0.1, 0.15) is 11.6 Å². The fraction of sp³-hybridized carbons (Fsp3) is 0.385.